The van der Waals surface area contributed by atoms with Gasteiger partial charge in [-0.2, -0.15) is 0 Å². The van der Waals surface area contributed by atoms with E-state index in [0.717, 1.165) is 18.4 Å². The molecule has 1 N–H and O–H groups in total. The number of amides is 3. The second-order valence-electron chi connectivity index (χ2n) is 9.87. The summed E-state index contributed by atoms with van der Waals surface area (Å²) in [5.74, 6) is -0.541. The molecule has 0 spiro atoms. The van der Waals surface area contributed by atoms with Crippen molar-refractivity contribution in [1.82, 2.24) is 10.2 Å². The number of hydrogen-bond donors (Lipinski definition) is 1. The highest BCUT2D eigenvalue weighted by atomic mass is 16.5. The number of benzene rings is 2. The number of ether oxygens (including phenoxy) is 1. The van der Waals surface area contributed by atoms with Crippen LogP contribution in [0.5, 0.6) is 0 Å². The Morgan fingerprint density at radius 2 is 1.69 bits per heavy atom. The fourth-order valence-corrected chi connectivity index (χ4v) is 5.01. The zero-order chi connectivity index (χ0) is 25.8. The van der Waals surface area contributed by atoms with Crippen LogP contribution in [-0.2, 0) is 14.3 Å². The van der Waals surface area contributed by atoms with E-state index in [2.05, 4.69) is 5.32 Å². The maximum absolute atomic E-state index is 13.4. The van der Waals surface area contributed by atoms with Crippen LogP contribution in [0, 0.1) is 5.92 Å². The SMILES string of the molecule is COC(=O)c1ccc(C2CCN(C(=O)CN3C(=O)C(CC(C)C)NC(=O)c4ccccc43)CC2)cc1. The predicted molar refractivity (Wildman–Crippen MR) is 136 cm³/mol. The van der Waals surface area contributed by atoms with E-state index in [1.54, 1.807) is 41.3 Å². The third-order valence-electron chi connectivity index (χ3n) is 6.96. The maximum atomic E-state index is 13.4. The normalized spacial score (nSPS) is 18.5. The zero-order valence-electron chi connectivity index (χ0n) is 21.0. The first kappa shape index (κ1) is 25.4. The number of rotatable bonds is 6. The van der Waals surface area contributed by atoms with E-state index in [9.17, 15) is 19.2 Å². The van der Waals surface area contributed by atoms with Crippen LogP contribution in [0.2, 0.25) is 0 Å². The minimum atomic E-state index is -0.670. The van der Waals surface area contributed by atoms with Crippen LogP contribution in [0.3, 0.4) is 0 Å². The fourth-order valence-electron chi connectivity index (χ4n) is 5.01. The van der Waals surface area contributed by atoms with Crippen molar-refractivity contribution in [2.45, 2.75) is 45.1 Å². The molecule has 8 heteroatoms. The van der Waals surface area contributed by atoms with Crippen LogP contribution in [0.25, 0.3) is 0 Å². The molecule has 1 atom stereocenters. The Labute approximate surface area is 211 Å². The van der Waals surface area contributed by atoms with Gasteiger partial charge < -0.3 is 19.9 Å². The Hall–Kier alpha value is -3.68. The highest BCUT2D eigenvalue weighted by Gasteiger charge is 2.36. The van der Waals surface area contributed by atoms with Crippen molar-refractivity contribution in [1.29, 1.82) is 0 Å². The fraction of sp³-hybridized carbons (Fsp3) is 0.429. The van der Waals surface area contributed by atoms with Crippen molar-refractivity contribution < 1.29 is 23.9 Å². The standard InChI is InChI=1S/C28H33N3O5/c1-18(2)16-23-27(34)31(24-7-5-4-6-22(24)26(33)29-23)17-25(32)30-14-12-20(13-15-30)19-8-10-21(11-9-19)28(35)36-3/h4-11,18,20,23H,12-17H2,1-3H3,(H,29,33). The van der Waals surface area contributed by atoms with Crippen molar-refractivity contribution in [2.24, 2.45) is 5.92 Å². The van der Waals surface area contributed by atoms with Gasteiger partial charge in [-0.1, -0.05) is 38.1 Å². The number of likely N-dealkylation sites (tertiary alicyclic amines) is 1. The van der Waals surface area contributed by atoms with Gasteiger partial charge in [-0.15, -0.1) is 0 Å². The smallest absolute Gasteiger partial charge is 0.337 e. The molecule has 1 unspecified atom stereocenters. The number of anilines is 1. The molecule has 0 aliphatic carbocycles. The van der Waals surface area contributed by atoms with Crippen LogP contribution >= 0.6 is 0 Å². The number of fused-ring (bicyclic) bond motifs is 1. The first-order chi connectivity index (χ1) is 17.3. The van der Waals surface area contributed by atoms with E-state index >= 15 is 0 Å². The van der Waals surface area contributed by atoms with Gasteiger partial charge in [-0.3, -0.25) is 14.4 Å². The van der Waals surface area contributed by atoms with Crippen LogP contribution < -0.4 is 10.2 Å². The van der Waals surface area contributed by atoms with Crippen molar-refractivity contribution >= 4 is 29.4 Å². The minimum absolute atomic E-state index is 0.0993. The van der Waals surface area contributed by atoms with E-state index in [-0.39, 0.29) is 36.2 Å². The maximum Gasteiger partial charge on any atom is 0.337 e. The molecule has 190 valence electrons. The Bertz CT molecular complexity index is 1140. The highest BCUT2D eigenvalue weighted by molar-refractivity contribution is 6.12. The number of carbonyl (C=O) groups excluding carboxylic acids is 4. The Balaban J connectivity index is 1.44. The summed E-state index contributed by atoms with van der Waals surface area (Å²) in [4.78, 5) is 54.5. The van der Waals surface area contributed by atoms with Crippen molar-refractivity contribution in [3.63, 3.8) is 0 Å². The molecule has 1 saturated heterocycles. The number of para-hydroxylation sites is 1. The summed E-state index contributed by atoms with van der Waals surface area (Å²) >= 11 is 0. The summed E-state index contributed by atoms with van der Waals surface area (Å²) in [5, 5.41) is 2.85. The summed E-state index contributed by atoms with van der Waals surface area (Å²) in [6.45, 7) is 5.06. The number of nitrogens with zero attached hydrogens (tertiary/aromatic N) is 2. The number of esters is 1. The lowest BCUT2D eigenvalue weighted by atomic mass is 9.89. The summed E-state index contributed by atoms with van der Waals surface area (Å²) in [5.41, 5.74) is 2.52. The summed E-state index contributed by atoms with van der Waals surface area (Å²) < 4.78 is 4.76. The molecule has 0 bridgehead atoms. The molecule has 0 aromatic heterocycles. The molecule has 2 aromatic carbocycles. The van der Waals surface area contributed by atoms with Gasteiger partial charge >= 0.3 is 5.97 Å². The van der Waals surface area contributed by atoms with E-state index < -0.39 is 6.04 Å². The largest absolute Gasteiger partial charge is 0.465 e. The molecule has 0 radical (unpaired) electrons. The number of hydrogen-bond acceptors (Lipinski definition) is 5. The second kappa shape index (κ2) is 10.9. The quantitative estimate of drug-likeness (QED) is 0.625. The zero-order valence-corrected chi connectivity index (χ0v) is 21.0. The average Bonchev–Trinajstić information content (AvgIpc) is 2.98. The van der Waals surface area contributed by atoms with Gasteiger partial charge in [0.2, 0.25) is 11.8 Å². The molecular formula is C28H33N3O5. The lowest BCUT2D eigenvalue weighted by Gasteiger charge is -2.34. The highest BCUT2D eigenvalue weighted by Crippen LogP contribution is 2.30. The molecule has 2 aliphatic rings. The predicted octanol–water partition coefficient (Wildman–Crippen LogP) is 3.37. The average molecular weight is 492 g/mol. The van der Waals surface area contributed by atoms with Crippen LogP contribution in [-0.4, -0.2) is 61.4 Å². The minimum Gasteiger partial charge on any atom is -0.465 e. The van der Waals surface area contributed by atoms with Gasteiger partial charge in [0.25, 0.3) is 5.91 Å². The molecule has 2 aromatic rings. The van der Waals surface area contributed by atoms with Gasteiger partial charge in [0.15, 0.2) is 0 Å². The Kier molecular flexibility index (Phi) is 7.72. The molecule has 0 saturated carbocycles. The van der Waals surface area contributed by atoms with Gasteiger partial charge in [-0.25, -0.2) is 4.79 Å². The van der Waals surface area contributed by atoms with Crippen molar-refractivity contribution in [2.75, 3.05) is 31.6 Å². The molecule has 3 amide bonds. The summed E-state index contributed by atoms with van der Waals surface area (Å²) in [6, 6.07) is 13.7. The molecule has 4 rings (SSSR count). The third-order valence-corrected chi connectivity index (χ3v) is 6.96. The van der Waals surface area contributed by atoms with Crippen molar-refractivity contribution in [3.05, 3.63) is 65.2 Å². The van der Waals surface area contributed by atoms with E-state index in [1.807, 2.05) is 26.0 Å². The lowest BCUT2D eigenvalue weighted by molar-refractivity contribution is -0.132. The Morgan fingerprint density at radius 3 is 2.33 bits per heavy atom. The number of piperidine rings is 1. The number of nitrogens with one attached hydrogen (secondary N) is 1. The molecule has 2 aliphatic heterocycles. The first-order valence-electron chi connectivity index (χ1n) is 12.5. The molecule has 36 heavy (non-hydrogen) atoms. The number of carbonyl (C=O) groups is 4. The molecular weight excluding hydrogens is 458 g/mol. The third kappa shape index (κ3) is 5.42. The van der Waals surface area contributed by atoms with Crippen LogP contribution in [0.4, 0.5) is 5.69 Å². The van der Waals surface area contributed by atoms with Gasteiger partial charge in [-0.05, 0) is 60.9 Å². The first-order valence-corrected chi connectivity index (χ1v) is 12.5. The van der Waals surface area contributed by atoms with E-state index in [1.165, 1.54) is 12.0 Å². The lowest BCUT2D eigenvalue weighted by Crippen LogP contribution is -2.50. The molecule has 1 fully saturated rings. The van der Waals surface area contributed by atoms with Gasteiger partial charge in [0.1, 0.15) is 12.6 Å². The van der Waals surface area contributed by atoms with Crippen molar-refractivity contribution in [3.8, 4) is 0 Å². The van der Waals surface area contributed by atoms with Crippen LogP contribution in [0.15, 0.2) is 48.5 Å². The van der Waals surface area contributed by atoms with E-state index in [0.29, 0.717) is 42.2 Å². The van der Waals surface area contributed by atoms with Gasteiger partial charge in [0, 0.05) is 13.1 Å². The Morgan fingerprint density at radius 1 is 1.03 bits per heavy atom. The monoisotopic (exact) mass is 491 g/mol. The van der Waals surface area contributed by atoms with Crippen LogP contribution in [0.1, 0.15) is 65.3 Å². The molecule has 2 heterocycles. The number of methoxy groups -OCH3 is 1. The topological polar surface area (TPSA) is 96.0 Å². The second-order valence-corrected chi connectivity index (χ2v) is 9.87. The summed E-state index contributed by atoms with van der Waals surface area (Å²) in [7, 11) is 1.36. The molecule has 8 nitrogen and oxygen atoms in total. The summed E-state index contributed by atoms with van der Waals surface area (Å²) in [6.07, 6.45) is 2.09. The van der Waals surface area contributed by atoms with Gasteiger partial charge in [0.05, 0.1) is 23.9 Å². The van der Waals surface area contributed by atoms with E-state index in [4.69, 9.17) is 4.74 Å².